The van der Waals surface area contributed by atoms with E-state index in [1.807, 2.05) is 0 Å². The van der Waals surface area contributed by atoms with Crippen LogP contribution in [0, 0.1) is 11.8 Å². The van der Waals surface area contributed by atoms with Crippen LogP contribution in [0.5, 0.6) is 0 Å². The lowest BCUT2D eigenvalue weighted by atomic mass is 9.28. The van der Waals surface area contributed by atoms with Gasteiger partial charge in [0.2, 0.25) is 0 Å². The van der Waals surface area contributed by atoms with E-state index in [1.54, 1.807) is 0 Å². The SMILES string of the molecule is BrC1C2CC3(c4ccccc4)C(Br)C1C(Br)C(c1ccccc1)(C2Br)C3(c1ccccc1)c1ccccc1. The van der Waals surface area contributed by atoms with Crippen LogP contribution >= 0.6 is 63.7 Å². The van der Waals surface area contributed by atoms with Crippen LogP contribution in [0.25, 0.3) is 0 Å². The van der Waals surface area contributed by atoms with Gasteiger partial charge in [0.1, 0.15) is 0 Å². The molecule has 0 aromatic heterocycles. The number of halogens is 4. The third-order valence-electron chi connectivity index (χ3n) is 9.97. The molecule has 0 saturated heterocycles. The molecule has 0 amide bonds. The first kappa shape index (κ1) is 25.7. The van der Waals surface area contributed by atoms with E-state index >= 15 is 0 Å². The van der Waals surface area contributed by atoms with Crippen molar-refractivity contribution in [3.63, 3.8) is 0 Å². The molecule has 8 atom stereocenters. The number of hydrogen-bond donors (Lipinski definition) is 0. The fourth-order valence-corrected chi connectivity index (χ4v) is 16.4. The summed E-state index contributed by atoms with van der Waals surface area (Å²) in [6.07, 6.45) is 1.08. The minimum Gasteiger partial charge on any atom is -0.0883 e. The number of hydrogen-bond acceptors (Lipinski definition) is 0. The van der Waals surface area contributed by atoms with Crippen LogP contribution in [0.1, 0.15) is 28.7 Å². The van der Waals surface area contributed by atoms with Gasteiger partial charge in [0.25, 0.3) is 0 Å². The Kier molecular flexibility index (Phi) is 6.39. The van der Waals surface area contributed by atoms with Gasteiger partial charge in [0.15, 0.2) is 0 Å². The predicted octanol–water partition coefficient (Wildman–Crippen LogP) is 9.57. The van der Waals surface area contributed by atoms with Crippen molar-refractivity contribution in [2.24, 2.45) is 11.8 Å². The van der Waals surface area contributed by atoms with Crippen LogP contribution in [-0.2, 0) is 16.2 Å². The second kappa shape index (κ2) is 9.43. The van der Waals surface area contributed by atoms with Crippen LogP contribution < -0.4 is 0 Å². The lowest BCUT2D eigenvalue weighted by Crippen LogP contribution is -2.85. The zero-order chi connectivity index (χ0) is 26.1. The molecule has 4 bridgehead atoms. The first-order valence-electron chi connectivity index (χ1n) is 13.3. The van der Waals surface area contributed by atoms with Gasteiger partial charge in [-0.15, -0.1) is 0 Å². The highest BCUT2D eigenvalue weighted by atomic mass is 79.9. The fraction of sp³-hybridized carbons (Fsp3) is 0.294. The molecular formula is C34H28Br4. The summed E-state index contributed by atoms with van der Waals surface area (Å²) in [7, 11) is 0. The fourth-order valence-electron chi connectivity index (χ4n) is 8.90. The number of benzene rings is 4. The highest BCUT2D eigenvalue weighted by Crippen LogP contribution is 2.80. The lowest BCUT2D eigenvalue weighted by Gasteiger charge is -2.79. The molecule has 0 aliphatic heterocycles. The molecular weight excluding hydrogens is 728 g/mol. The zero-order valence-electron chi connectivity index (χ0n) is 20.7. The molecule has 0 nitrogen and oxygen atoms in total. The van der Waals surface area contributed by atoms with E-state index in [0.29, 0.717) is 16.7 Å². The van der Waals surface area contributed by atoms with Crippen molar-refractivity contribution in [3.8, 4) is 0 Å². The Bertz CT molecular complexity index is 1390. The average Bonchev–Trinajstić information content (AvgIpc) is 2.97. The van der Waals surface area contributed by atoms with E-state index in [9.17, 15) is 0 Å². The van der Waals surface area contributed by atoms with Gasteiger partial charge in [-0.25, -0.2) is 0 Å². The monoisotopic (exact) mass is 752 g/mol. The molecule has 4 fully saturated rings. The van der Waals surface area contributed by atoms with Crippen LogP contribution in [0.4, 0.5) is 0 Å². The Labute approximate surface area is 259 Å². The van der Waals surface area contributed by atoms with Crippen molar-refractivity contribution >= 4 is 63.7 Å². The minimum atomic E-state index is -0.373. The predicted molar refractivity (Wildman–Crippen MR) is 172 cm³/mol. The Balaban J connectivity index is 1.74. The van der Waals surface area contributed by atoms with Gasteiger partial charge >= 0.3 is 0 Å². The van der Waals surface area contributed by atoms with Gasteiger partial charge in [0, 0.05) is 35.6 Å². The molecule has 192 valence electrons. The third kappa shape index (κ3) is 2.96. The summed E-state index contributed by atoms with van der Waals surface area (Å²) in [6.45, 7) is 0. The number of rotatable bonds is 4. The summed E-state index contributed by atoms with van der Waals surface area (Å²) in [6, 6.07) is 45.5. The summed E-state index contributed by atoms with van der Waals surface area (Å²) in [5.74, 6) is 0.854. The van der Waals surface area contributed by atoms with E-state index in [1.165, 1.54) is 22.3 Å². The van der Waals surface area contributed by atoms with Crippen LogP contribution in [0.15, 0.2) is 121 Å². The smallest absolute Gasteiger partial charge is 0.0428 e. The summed E-state index contributed by atoms with van der Waals surface area (Å²) in [4.78, 5) is 1.11. The Morgan fingerprint density at radius 2 is 0.895 bits per heavy atom. The molecule has 0 N–H and O–H groups in total. The maximum Gasteiger partial charge on any atom is 0.0428 e. The second-order valence-electron chi connectivity index (χ2n) is 11.1. The van der Waals surface area contributed by atoms with Gasteiger partial charge in [-0.2, -0.15) is 0 Å². The van der Waals surface area contributed by atoms with Gasteiger partial charge in [-0.3, -0.25) is 0 Å². The molecule has 8 rings (SSSR count). The first-order valence-corrected chi connectivity index (χ1v) is 17.0. The molecule has 4 aromatic rings. The summed E-state index contributed by atoms with van der Waals surface area (Å²) in [5.41, 5.74) is 4.73. The second-order valence-corrected chi connectivity index (χ2v) is 15.2. The topological polar surface area (TPSA) is 0 Å². The maximum atomic E-state index is 4.47. The summed E-state index contributed by atoms with van der Waals surface area (Å²) in [5, 5.41) is 0. The lowest BCUT2D eigenvalue weighted by molar-refractivity contribution is -0.0613. The maximum absolute atomic E-state index is 4.47. The van der Waals surface area contributed by atoms with E-state index in [4.69, 9.17) is 0 Å². The van der Waals surface area contributed by atoms with Crippen molar-refractivity contribution in [1.82, 2.24) is 0 Å². The van der Waals surface area contributed by atoms with Crippen molar-refractivity contribution in [2.75, 3.05) is 0 Å². The van der Waals surface area contributed by atoms with E-state index in [-0.39, 0.29) is 30.7 Å². The van der Waals surface area contributed by atoms with Crippen molar-refractivity contribution in [2.45, 2.75) is 42.0 Å². The molecule has 0 radical (unpaired) electrons. The zero-order valence-corrected chi connectivity index (χ0v) is 27.1. The van der Waals surface area contributed by atoms with E-state index < -0.39 is 0 Å². The molecule has 38 heavy (non-hydrogen) atoms. The Morgan fingerprint density at radius 3 is 1.37 bits per heavy atom. The summed E-state index contributed by atoms with van der Waals surface area (Å²) >= 11 is 17.7. The minimum absolute atomic E-state index is 0.194. The first-order chi connectivity index (χ1) is 18.5. The molecule has 4 aromatic carbocycles. The largest absolute Gasteiger partial charge is 0.0883 e. The van der Waals surface area contributed by atoms with Crippen molar-refractivity contribution in [1.29, 1.82) is 0 Å². The molecule has 4 saturated carbocycles. The molecule has 0 heterocycles. The third-order valence-corrected chi connectivity index (χ3v) is 15.4. The van der Waals surface area contributed by atoms with Crippen LogP contribution in [0.2, 0.25) is 0 Å². The summed E-state index contributed by atoms with van der Waals surface area (Å²) < 4.78 is 0. The van der Waals surface area contributed by atoms with E-state index in [2.05, 4.69) is 185 Å². The molecule has 4 aliphatic carbocycles. The Morgan fingerprint density at radius 1 is 0.474 bits per heavy atom. The van der Waals surface area contributed by atoms with Crippen molar-refractivity contribution < 1.29 is 0 Å². The van der Waals surface area contributed by atoms with Crippen molar-refractivity contribution in [3.05, 3.63) is 144 Å². The van der Waals surface area contributed by atoms with E-state index in [0.717, 1.165) is 6.42 Å². The molecule has 8 unspecified atom stereocenters. The highest BCUT2D eigenvalue weighted by molar-refractivity contribution is 9.11. The van der Waals surface area contributed by atoms with Gasteiger partial charge in [0.05, 0.1) is 0 Å². The van der Waals surface area contributed by atoms with Gasteiger partial charge in [-0.1, -0.05) is 185 Å². The molecule has 4 aliphatic rings. The quantitative estimate of drug-likeness (QED) is 0.182. The van der Waals surface area contributed by atoms with Gasteiger partial charge in [-0.05, 0) is 40.5 Å². The standard InChI is InChI=1S/C34H28Br4/c35-28-26-21-32(22-13-5-1-6-14-22)30(37)27(28)31(38)33(29(26)36,23-15-7-2-8-16-23)34(32,24-17-9-3-10-18-24)25-19-11-4-12-20-25/h1-20,26-31H,21H2. The molecule has 4 heteroatoms. The van der Waals surface area contributed by atoms with Crippen LogP contribution in [0.3, 0.4) is 0 Å². The number of alkyl halides is 4. The van der Waals surface area contributed by atoms with Gasteiger partial charge < -0.3 is 0 Å². The average molecular weight is 756 g/mol. The van der Waals surface area contributed by atoms with Crippen LogP contribution in [-0.4, -0.2) is 19.3 Å². The Hall–Kier alpha value is -1.20. The molecule has 0 spiro atoms. The normalized spacial score (nSPS) is 36.7. The highest BCUT2D eigenvalue weighted by Gasteiger charge is 2.83.